The van der Waals surface area contributed by atoms with Crippen LogP contribution in [0.2, 0.25) is 0 Å². The minimum Gasteiger partial charge on any atom is -0.354 e. The fourth-order valence-corrected chi connectivity index (χ4v) is 3.27. The molecule has 0 bridgehead atoms. The monoisotopic (exact) mass is 423 g/mol. The molecular weight excluding hydrogens is 405 g/mol. The van der Waals surface area contributed by atoms with Crippen molar-refractivity contribution in [3.8, 4) is 0 Å². The van der Waals surface area contributed by atoms with E-state index in [1.165, 1.54) is 0 Å². The number of anilines is 1. The highest BCUT2D eigenvalue weighted by Crippen LogP contribution is 2.30. The number of hydrogen-bond donors (Lipinski definition) is 2. The summed E-state index contributed by atoms with van der Waals surface area (Å²) in [5, 5.41) is 3.35. The van der Waals surface area contributed by atoms with Gasteiger partial charge in [-0.1, -0.05) is 13.0 Å². The topological polar surface area (TPSA) is 76.2 Å². The van der Waals surface area contributed by atoms with Crippen molar-refractivity contribution in [3.05, 3.63) is 54.1 Å². The van der Waals surface area contributed by atoms with Gasteiger partial charge in [0, 0.05) is 23.7 Å². The van der Waals surface area contributed by atoms with Gasteiger partial charge in [-0.05, 0) is 24.6 Å². The molecule has 7 heteroatoms. The Morgan fingerprint density at radius 3 is 3.09 bits per heavy atom. The predicted molar refractivity (Wildman–Crippen MR) is 98.8 cm³/mol. The van der Waals surface area contributed by atoms with Crippen LogP contribution in [-0.4, -0.2) is 25.1 Å². The van der Waals surface area contributed by atoms with Crippen molar-refractivity contribution in [1.29, 1.82) is 0 Å². The number of carbonyl (C=O) groups is 1. The number of nitrogens with two attached hydrogens (primary N) is 1. The largest absolute Gasteiger partial charge is 0.354 e. The number of nitrogens with one attached hydrogen (secondary N) is 1. The van der Waals surface area contributed by atoms with Crippen LogP contribution < -0.4 is 11.1 Å². The van der Waals surface area contributed by atoms with Crippen molar-refractivity contribution >= 4 is 40.2 Å². The minimum absolute atomic E-state index is 0.0257. The molecule has 0 fully saturated rings. The Morgan fingerprint density at radius 2 is 2.39 bits per heavy atom. The summed E-state index contributed by atoms with van der Waals surface area (Å²) in [7, 11) is 0. The molecule has 1 aliphatic rings. The molecule has 1 aliphatic heterocycles. The quantitative estimate of drug-likeness (QED) is 0.586. The summed E-state index contributed by atoms with van der Waals surface area (Å²) in [4.78, 5) is 16.7. The van der Waals surface area contributed by atoms with Gasteiger partial charge < -0.3 is 15.6 Å². The summed E-state index contributed by atoms with van der Waals surface area (Å²) in [6.07, 6.45) is 8.05. The van der Waals surface area contributed by atoms with E-state index in [1.807, 2.05) is 51.8 Å². The third kappa shape index (κ3) is 3.11. The first-order valence-electron chi connectivity index (χ1n) is 7.43. The van der Waals surface area contributed by atoms with Crippen LogP contribution in [0, 0.1) is 0 Å². The highest BCUT2D eigenvalue weighted by atomic mass is 127. The van der Waals surface area contributed by atoms with Crippen LogP contribution in [0.25, 0.3) is 5.70 Å². The number of amides is 1. The van der Waals surface area contributed by atoms with E-state index in [0.29, 0.717) is 12.2 Å². The summed E-state index contributed by atoms with van der Waals surface area (Å²) in [6.45, 7) is 2.56. The van der Waals surface area contributed by atoms with Gasteiger partial charge in [-0.2, -0.15) is 0 Å². The van der Waals surface area contributed by atoms with E-state index in [2.05, 4.69) is 23.3 Å². The molecule has 3 rings (SSSR count). The lowest BCUT2D eigenvalue weighted by molar-refractivity contribution is 0.0835. The Kier molecular flexibility index (Phi) is 4.67. The van der Waals surface area contributed by atoms with E-state index in [4.69, 9.17) is 5.73 Å². The SMILES string of the molecule is CCC=C(Nc1cccnc1)c1ccn2c1C(=O)N(I)C[C@@H]2N. The Bertz CT molecular complexity index is 740. The standard InChI is InChI=1S/C16H18IN5O/c1-2-4-13(20-11-5-3-7-19-9-11)12-6-8-21-14(18)10-22(17)16(23)15(12)21/h3-9,14,20H,2,10,18H2,1H3/t14-/m1/s1. The normalized spacial score (nSPS) is 18.0. The first kappa shape index (κ1) is 16.0. The number of aromatic nitrogens is 2. The van der Waals surface area contributed by atoms with Crippen LogP contribution in [0.4, 0.5) is 5.69 Å². The molecule has 23 heavy (non-hydrogen) atoms. The molecule has 6 nitrogen and oxygen atoms in total. The smallest absolute Gasteiger partial charge is 0.279 e. The second-order valence-electron chi connectivity index (χ2n) is 5.30. The Balaban J connectivity index is 2.02. The van der Waals surface area contributed by atoms with Crippen LogP contribution in [-0.2, 0) is 0 Å². The van der Waals surface area contributed by atoms with Gasteiger partial charge in [0.2, 0.25) is 0 Å². The van der Waals surface area contributed by atoms with Crippen molar-refractivity contribution in [2.24, 2.45) is 5.73 Å². The number of rotatable bonds is 4. The zero-order valence-electron chi connectivity index (χ0n) is 12.7. The molecule has 1 atom stereocenters. The van der Waals surface area contributed by atoms with Crippen LogP contribution in [0.3, 0.4) is 0 Å². The lowest BCUT2D eigenvalue weighted by Gasteiger charge is -2.29. The van der Waals surface area contributed by atoms with Crippen molar-refractivity contribution in [2.75, 3.05) is 11.9 Å². The van der Waals surface area contributed by atoms with Crippen molar-refractivity contribution in [3.63, 3.8) is 0 Å². The highest BCUT2D eigenvalue weighted by Gasteiger charge is 2.31. The second-order valence-corrected chi connectivity index (χ2v) is 6.46. The average molecular weight is 423 g/mol. The molecule has 2 aromatic rings. The van der Waals surface area contributed by atoms with E-state index in [-0.39, 0.29) is 12.1 Å². The van der Waals surface area contributed by atoms with Gasteiger partial charge in [0.15, 0.2) is 0 Å². The number of carbonyl (C=O) groups excluding carboxylic acids is 1. The lowest BCUT2D eigenvalue weighted by Crippen LogP contribution is -2.41. The first-order chi connectivity index (χ1) is 11.1. The minimum atomic E-state index is -0.227. The van der Waals surface area contributed by atoms with Gasteiger partial charge in [0.1, 0.15) is 11.9 Å². The fraction of sp³-hybridized carbons (Fsp3) is 0.250. The van der Waals surface area contributed by atoms with Gasteiger partial charge in [-0.25, -0.2) is 0 Å². The van der Waals surface area contributed by atoms with Crippen LogP contribution in [0.1, 0.15) is 35.6 Å². The molecule has 1 amide bonds. The number of fused-ring (bicyclic) bond motifs is 1. The molecule has 0 saturated carbocycles. The second kappa shape index (κ2) is 6.71. The summed E-state index contributed by atoms with van der Waals surface area (Å²) in [6, 6.07) is 5.75. The van der Waals surface area contributed by atoms with Gasteiger partial charge in [0.25, 0.3) is 5.91 Å². The molecule has 3 heterocycles. The first-order valence-corrected chi connectivity index (χ1v) is 8.40. The molecule has 0 aromatic carbocycles. The fourth-order valence-electron chi connectivity index (χ4n) is 2.64. The zero-order chi connectivity index (χ0) is 16.4. The maximum atomic E-state index is 12.6. The molecule has 0 unspecified atom stereocenters. The van der Waals surface area contributed by atoms with E-state index in [0.717, 1.165) is 23.4 Å². The van der Waals surface area contributed by atoms with Crippen LogP contribution in [0.15, 0.2) is 42.9 Å². The van der Waals surface area contributed by atoms with Gasteiger partial charge in [-0.3, -0.25) is 12.9 Å². The number of hydrogen-bond acceptors (Lipinski definition) is 4. The van der Waals surface area contributed by atoms with Crippen molar-refractivity contribution in [2.45, 2.75) is 19.5 Å². The number of pyridine rings is 1. The maximum Gasteiger partial charge on any atom is 0.279 e. The predicted octanol–water partition coefficient (Wildman–Crippen LogP) is 3.01. The number of nitrogens with zero attached hydrogens (tertiary/aromatic N) is 3. The molecule has 3 N–H and O–H groups in total. The van der Waals surface area contributed by atoms with Crippen molar-refractivity contribution in [1.82, 2.24) is 12.7 Å². The van der Waals surface area contributed by atoms with E-state index >= 15 is 0 Å². The van der Waals surface area contributed by atoms with E-state index in [9.17, 15) is 4.79 Å². The van der Waals surface area contributed by atoms with Crippen LogP contribution >= 0.6 is 22.9 Å². The van der Waals surface area contributed by atoms with Gasteiger partial charge in [-0.15, -0.1) is 0 Å². The Hall–Kier alpha value is -1.87. The summed E-state index contributed by atoms with van der Waals surface area (Å²) in [5.41, 5.74) is 9.40. The van der Waals surface area contributed by atoms with Crippen LogP contribution in [0.5, 0.6) is 0 Å². The molecule has 2 aromatic heterocycles. The summed E-state index contributed by atoms with van der Waals surface area (Å²) < 4.78 is 3.48. The third-order valence-electron chi connectivity index (χ3n) is 3.68. The maximum absolute atomic E-state index is 12.6. The average Bonchev–Trinajstić information content (AvgIpc) is 2.99. The summed E-state index contributed by atoms with van der Waals surface area (Å²) in [5.74, 6) is -0.0257. The van der Waals surface area contributed by atoms with E-state index < -0.39 is 0 Å². The van der Waals surface area contributed by atoms with Crippen molar-refractivity contribution < 1.29 is 4.79 Å². The third-order valence-corrected chi connectivity index (χ3v) is 4.51. The molecule has 0 saturated heterocycles. The lowest BCUT2D eigenvalue weighted by atomic mass is 10.1. The molecule has 0 aliphatic carbocycles. The number of halogens is 1. The molecule has 120 valence electrons. The molecule has 0 spiro atoms. The van der Waals surface area contributed by atoms with Gasteiger partial charge >= 0.3 is 0 Å². The number of allylic oxidation sites excluding steroid dienone is 1. The summed E-state index contributed by atoms with van der Waals surface area (Å²) >= 11 is 2.02. The Labute approximate surface area is 148 Å². The highest BCUT2D eigenvalue weighted by molar-refractivity contribution is 14.1. The zero-order valence-corrected chi connectivity index (χ0v) is 14.9. The van der Waals surface area contributed by atoms with E-state index in [1.54, 1.807) is 15.5 Å². The van der Waals surface area contributed by atoms with Gasteiger partial charge in [0.05, 0.1) is 41.3 Å². The molecule has 0 radical (unpaired) electrons. The Morgan fingerprint density at radius 1 is 1.57 bits per heavy atom. The molecular formula is C16H18IN5O.